The molecule has 1 aromatic rings. The summed E-state index contributed by atoms with van der Waals surface area (Å²) in [6.07, 6.45) is 1.14. The van der Waals surface area contributed by atoms with Gasteiger partial charge in [0.05, 0.1) is 19.8 Å². The molecule has 0 radical (unpaired) electrons. The van der Waals surface area contributed by atoms with E-state index in [0.717, 1.165) is 56.7 Å². The van der Waals surface area contributed by atoms with Crippen LogP contribution in [0, 0.1) is 5.92 Å². The van der Waals surface area contributed by atoms with Crippen LogP contribution in [0.4, 0.5) is 5.69 Å². The Morgan fingerprint density at radius 3 is 2.65 bits per heavy atom. The van der Waals surface area contributed by atoms with Crippen molar-refractivity contribution in [2.45, 2.75) is 33.2 Å². The van der Waals surface area contributed by atoms with E-state index in [9.17, 15) is 4.79 Å². The summed E-state index contributed by atoms with van der Waals surface area (Å²) in [7, 11) is 1.78. The number of hydrogen-bond donors (Lipinski definition) is 3. The number of nitrogens with one attached hydrogen (secondary N) is 3. The highest BCUT2D eigenvalue weighted by atomic mass is 127. The summed E-state index contributed by atoms with van der Waals surface area (Å²) < 4.78 is 11.3. The second-order valence-electron chi connectivity index (χ2n) is 7.87. The fourth-order valence-corrected chi connectivity index (χ4v) is 3.49. The van der Waals surface area contributed by atoms with Crippen molar-refractivity contribution >= 4 is 41.5 Å². The molecular formula is C22H38IN5O3. The van der Waals surface area contributed by atoms with Gasteiger partial charge < -0.3 is 25.4 Å². The minimum absolute atomic E-state index is 0. The SMILES string of the molecule is CN=C(NCCOc1cccc(NC(C)=O)c1)NCC(CC(C)C)N1CCOCC1.I. The first-order valence-corrected chi connectivity index (χ1v) is 10.7. The number of carbonyl (C=O) groups is 1. The number of aliphatic imine (C=N–C) groups is 1. The molecule has 0 aromatic heterocycles. The van der Waals surface area contributed by atoms with Crippen molar-refractivity contribution in [3.05, 3.63) is 24.3 Å². The van der Waals surface area contributed by atoms with Crippen molar-refractivity contribution in [1.29, 1.82) is 0 Å². The molecule has 1 fully saturated rings. The van der Waals surface area contributed by atoms with Crippen molar-refractivity contribution in [2.24, 2.45) is 10.9 Å². The van der Waals surface area contributed by atoms with E-state index < -0.39 is 0 Å². The highest BCUT2D eigenvalue weighted by molar-refractivity contribution is 14.0. The van der Waals surface area contributed by atoms with Crippen LogP contribution in [0.15, 0.2) is 29.3 Å². The molecule has 3 N–H and O–H groups in total. The average Bonchev–Trinajstić information content (AvgIpc) is 2.72. The number of amides is 1. The molecule has 176 valence electrons. The average molecular weight is 547 g/mol. The molecule has 1 atom stereocenters. The molecule has 1 saturated heterocycles. The van der Waals surface area contributed by atoms with Crippen LogP contribution in [0.1, 0.15) is 27.2 Å². The van der Waals surface area contributed by atoms with E-state index in [0.29, 0.717) is 25.1 Å². The lowest BCUT2D eigenvalue weighted by Crippen LogP contribution is -2.51. The van der Waals surface area contributed by atoms with Crippen LogP contribution in [-0.4, -0.2) is 75.9 Å². The molecule has 1 unspecified atom stereocenters. The Hall–Kier alpha value is -1.59. The number of ether oxygens (including phenoxy) is 2. The van der Waals surface area contributed by atoms with E-state index in [4.69, 9.17) is 9.47 Å². The number of rotatable bonds is 10. The largest absolute Gasteiger partial charge is 0.492 e. The third kappa shape index (κ3) is 11.0. The van der Waals surface area contributed by atoms with E-state index in [1.807, 2.05) is 24.3 Å². The van der Waals surface area contributed by atoms with Gasteiger partial charge in [-0.05, 0) is 24.5 Å². The second-order valence-corrected chi connectivity index (χ2v) is 7.87. The highest BCUT2D eigenvalue weighted by Gasteiger charge is 2.22. The maximum absolute atomic E-state index is 11.2. The van der Waals surface area contributed by atoms with Crippen LogP contribution in [0.3, 0.4) is 0 Å². The molecule has 1 aliphatic heterocycles. The van der Waals surface area contributed by atoms with Gasteiger partial charge in [0.15, 0.2) is 5.96 Å². The molecule has 1 amide bonds. The Labute approximate surface area is 203 Å². The molecule has 2 rings (SSSR count). The molecule has 31 heavy (non-hydrogen) atoms. The van der Waals surface area contributed by atoms with Crippen molar-refractivity contribution in [3.8, 4) is 5.75 Å². The van der Waals surface area contributed by atoms with Gasteiger partial charge in [0, 0.05) is 51.4 Å². The Morgan fingerprint density at radius 1 is 1.26 bits per heavy atom. The van der Waals surface area contributed by atoms with Crippen LogP contribution in [-0.2, 0) is 9.53 Å². The summed E-state index contributed by atoms with van der Waals surface area (Å²) in [6.45, 7) is 11.5. The number of hydrogen-bond acceptors (Lipinski definition) is 5. The van der Waals surface area contributed by atoms with Gasteiger partial charge in [-0.3, -0.25) is 14.7 Å². The Balaban J connectivity index is 0.00000480. The van der Waals surface area contributed by atoms with E-state index in [2.05, 4.69) is 39.7 Å². The normalized spacial score (nSPS) is 15.7. The zero-order chi connectivity index (χ0) is 21.8. The van der Waals surface area contributed by atoms with Gasteiger partial charge >= 0.3 is 0 Å². The number of carbonyl (C=O) groups excluding carboxylic acids is 1. The molecule has 0 saturated carbocycles. The number of halogens is 1. The molecule has 1 aromatic carbocycles. The molecule has 0 aliphatic carbocycles. The third-order valence-corrected chi connectivity index (χ3v) is 4.85. The van der Waals surface area contributed by atoms with Crippen LogP contribution < -0.4 is 20.7 Å². The zero-order valence-corrected chi connectivity index (χ0v) is 21.5. The quantitative estimate of drug-likeness (QED) is 0.181. The van der Waals surface area contributed by atoms with Crippen molar-refractivity contribution in [3.63, 3.8) is 0 Å². The van der Waals surface area contributed by atoms with Gasteiger partial charge in [-0.15, -0.1) is 24.0 Å². The first kappa shape index (κ1) is 27.4. The number of guanidine groups is 1. The molecule has 0 spiro atoms. The number of nitrogens with zero attached hydrogens (tertiary/aromatic N) is 2. The maximum atomic E-state index is 11.2. The van der Waals surface area contributed by atoms with E-state index in [1.54, 1.807) is 7.05 Å². The number of anilines is 1. The van der Waals surface area contributed by atoms with E-state index in [1.165, 1.54) is 6.92 Å². The molecule has 1 heterocycles. The lowest BCUT2D eigenvalue weighted by atomic mass is 10.0. The molecular weight excluding hydrogens is 509 g/mol. The lowest BCUT2D eigenvalue weighted by molar-refractivity contribution is -0.114. The molecule has 0 bridgehead atoms. The van der Waals surface area contributed by atoms with Crippen LogP contribution >= 0.6 is 24.0 Å². The molecule has 1 aliphatic rings. The summed E-state index contributed by atoms with van der Waals surface area (Å²) in [4.78, 5) is 18.0. The zero-order valence-electron chi connectivity index (χ0n) is 19.1. The summed E-state index contributed by atoms with van der Waals surface area (Å²) >= 11 is 0. The van der Waals surface area contributed by atoms with Gasteiger partial charge in [-0.2, -0.15) is 0 Å². The van der Waals surface area contributed by atoms with Gasteiger partial charge in [-0.25, -0.2) is 0 Å². The fourth-order valence-electron chi connectivity index (χ4n) is 3.49. The first-order valence-electron chi connectivity index (χ1n) is 10.7. The van der Waals surface area contributed by atoms with Crippen molar-refractivity contribution in [2.75, 3.05) is 58.4 Å². The highest BCUT2D eigenvalue weighted by Crippen LogP contribution is 2.17. The predicted octanol–water partition coefficient (Wildman–Crippen LogP) is 2.55. The Morgan fingerprint density at radius 2 is 2.00 bits per heavy atom. The maximum Gasteiger partial charge on any atom is 0.221 e. The van der Waals surface area contributed by atoms with Gasteiger partial charge in [-0.1, -0.05) is 19.9 Å². The Bertz CT molecular complexity index is 681. The number of benzene rings is 1. The minimum atomic E-state index is -0.100. The van der Waals surface area contributed by atoms with Crippen molar-refractivity contribution < 1.29 is 14.3 Å². The summed E-state index contributed by atoms with van der Waals surface area (Å²) in [5.74, 6) is 2.02. The lowest BCUT2D eigenvalue weighted by Gasteiger charge is -2.35. The van der Waals surface area contributed by atoms with Crippen molar-refractivity contribution in [1.82, 2.24) is 15.5 Å². The molecule has 8 nitrogen and oxygen atoms in total. The van der Waals surface area contributed by atoms with Gasteiger partial charge in [0.2, 0.25) is 5.91 Å². The van der Waals surface area contributed by atoms with E-state index in [-0.39, 0.29) is 29.9 Å². The summed E-state index contributed by atoms with van der Waals surface area (Å²) in [5.41, 5.74) is 0.727. The standard InChI is InChI=1S/C22H37N5O3.HI/c1-17(2)14-20(27-9-12-29-13-10-27)16-25-22(23-4)24-8-11-30-21-7-5-6-19(15-21)26-18(3)28;/h5-7,15,17,20H,8-14,16H2,1-4H3,(H,26,28)(H2,23,24,25);1H. The molecule has 9 heteroatoms. The van der Waals surface area contributed by atoms with E-state index >= 15 is 0 Å². The van der Waals surface area contributed by atoms with Crippen LogP contribution in [0.25, 0.3) is 0 Å². The van der Waals surface area contributed by atoms with Crippen LogP contribution in [0.5, 0.6) is 5.75 Å². The third-order valence-electron chi connectivity index (χ3n) is 4.85. The minimum Gasteiger partial charge on any atom is -0.492 e. The van der Waals surface area contributed by atoms with Gasteiger partial charge in [0.1, 0.15) is 12.4 Å². The monoisotopic (exact) mass is 547 g/mol. The smallest absolute Gasteiger partial charge is 0.221 e. The summed E-state index contributed by atoms with van der Waals surface area (Å²) in [6, 6.07) is 7.83. The topological polar surface area (TPSA) is 87.2 Å². The number of morpholine rings is 1. The van der Waals surface area contributed by atoms with Gasteiger partial charge in [0.25, 0.3) is 0 Å². The Kier molecular flexibility index (Phi) is 13.5. The summed E-state index contributed by atoms with van der Waals surface area (Å²) in [5, 5.41) is 9.51. The predicted molar refractivity (Wildman–Crippen MR) is 137 cm³/mol. The second kappa shape index (κ2) is 15.3. The first-order chi connectivity index (χ1) is 14.5. The van der Waals surface area contributed by atoms with Crippen LogP contribution in [0.2, 0.25) is 0 Å². The fraction of sp³-hybridized carbons (Fsp3) is 0.636.